The van der Waals surface area contributed by atoms with Crippen molar-refractivity contribution in [3.63, 3.8) is 0 Å². The van der Waals surface area contributed by atoms with E-state index in [0.29, 0.717) is 0 Å². The highest BCUT2D eigenvalue weighted by atomic mass is 35.5. The molecule has 2 aromatic rings. The number of halogens is 1. The van der Waals surface area contributed by atoms with E-state index in [0.717, 1.165) is 11.1 Å². The van der Waals surface area contributed by atoms with Crippen molar-refractivity contribution in [2.45, 2.75) is 19.4 Å². The van der Waals surface area contributed by atoms with Crippen LogP contribution in [-0.2, 0) is 4.79 Å². The fourth-order valence-corrected chi connectivity index (χ4v) is 2.58. The molecule has 0 spiro atoms. The average Bonchev–Trinajstić information content (AvgIpc) is 2.54. The zero-order valence-corrected chi connectivity index (χ0v) is 14.0. The third kappa shape index (κ3) is 4.23. The van der Waals surface area contributed by atoms with Crippen LogP contribution >= 0.6 is 11.6 Å². The molecule has 1 atom stereocenters. The molecule has 1 aromatic carbocycles. The second-order valence-electron chi connectivity index (χ2n) is 5.20. The maximum Gasteiger partial charge on any atom is 0.305 e. The number of pyridine rings is 1. The maximum atomic E-state index is 12.4. The predicted octanol–water partition coefficient (Wildman–Crippen LogP) is 3.00. The van der Waals surface area contributed by atoms with Crippen molar-refractivity contribution in [3.05, 3.63) is 58.2 Å². The van der Waals surface area contributed by atoms with Gasteiger partial charge in [0.25, 0.3) is 5.91 Å². The Morgan fingerprint density at radius 1 is 1.38 bits per heavy atom. The summed E-state index contributed by atoms with van der Waals surface area (Å²) in [7, 11) is 1.43. The molecule has 126 valence electrons. The predicted molar refractivity (Wildman–Crippen MR) is 89.4 cm³/mol. The quantitative estimate of drug-likeness (QED) is 0.837. The molecule has 2 N–H and O–H groups in total. The van der Waals surface area contributed by atoms with Crippen molar-refractivity contribution in [2.24, 2.45) is 0 Å². The maximum absolute atomic E-state index is 12.4. The van der Waals surface area contributed by atoms with Gasteiger partial charge in [-0.15, -0.1) is 0 Å². The van der Waals surface area contributed by atoms with Gasteiger partial charge < -0.3 is 15.2 Å². The number of benzene rings is 1. The number of aromatic nitrogens is 1. The summed E-state index contributed by atoms with van der Waals surface area (Å²) in [6, 6.07) is 8.08. The molecule has 0 fully saturated rings. The Hall–Kier alpha value is -2.60. The lowest BCUT2D eigenvalue weighted by Crippen LogP contribution is -2.30. The Morgan fingerprint density at radius 2 is 2.08 bits per heavy atom. The highest BCUT2D eigenvalue weighted by Crippen LogP contribution is 2.24. The van der Waals surface area contributed by atoms with Crippen LogP contribution in [0, 0.1) is 6.92 Å². The second kappa shape index (κ2) is 7.79. The van der Waals surface area contributed by atoms with E-state index in [1.54, 1.807) is 12.1 Å². The first-order valence-electron chi connectivity index (χ1n) is 7.20. The van der Waals surface area contributed by atoms with Gasteiger partial charge in [0.05, 0.1) is 25.1 Å². The van der Waals surface area contributed by atoms with E-state index in [1.165, 1.54) is 19.4 Å². The van der Waals surface area contributed by atoms with Crippen LogP contribution in [0.2, 0.25) is 5.02 Å². The number of methoxy groups -OCH3 is 1. The average molecular weight is 349 g/mol. The molecule has 1 heterocycles. The SMILES string of the molecule is COc1ncc(C(=O)N[C@@H](CC(=O)O)c2ccccc2C)cc1Cl. The van der Waals surface area contributed by atoms with Gasteiger partial charge in [-0.05, 0) is 24.1 Å². The van der Waals surface area contributed by atoms with E-state index in [9.17, 15) is 9.59 Å². The molecule has 7 heteroatoms. The van der Waals surface area contributed by atoms with E-state index < -0.39 is 17.9 Å². The molecule has 6 nitrogen and oxygen atoms in total. The van der Waals surface area contributed by atoms with Crippen molar-refractivity contribution in [3.8, 4) is 5.88 Å². The minimum atomic E-state index is -1.01. The number of carboxylic acid groups (broad SMARTS) is 1. The first kappa shape index (κ1) is 17.7. The lowest BCUT2D eigenvalue weighted by molar-refractivity contribution is -0.137. The molecular weight excluding hydrogens is 332 g/mol. The number of nitrogens with one attached hydrogen (secondary N) is 1. The molecule has 24 heavy (non-hydrogen) atoms. The molecule has 0 saturated carbocycles. The molecule has 2 rings (SSSR count). The number of amides is 1. The Kier molecular flexibility index (Phi) is 5.76. The topological polar surface area (TPSA) is 88.5 Å². The fraction of sp³-hybridized carbons (Fsp3) is 0.235. The summed E-state index contributed by atoms with van der Waals surface area (Å²) >= 11 is 5.98. The van der Waals surface area contributed by atoms with E-state index in [1.807, 2.05) is 19.1 Å². The van der Waals surface area contributed by atoms with Gasteiger partial charge in [0.1, 0.15) is 5.02 Å². The lowest BCUT2D eigenvalue weighted by Gasteiger charge is -2.19. The van der Waals surface area contributed by atoms with Gasteiger partial charge in [-0.3, -0.25) is 9.59 Å². The van der Waals surface area contributed by atoms with Crippen molar-refractivity contribution < 1.29 is 19.4 Å². The molecule has 0 aliphatic rings. The number of nitrogens with zero attached hydrogens (tertiary/aromatic N) is 1. The Balaban J connectivity index is 2.26. The van der Waals surface area contributed by atoms with Crippen molar-refractivity contribution in [2.75, 3.05) is 7.11 Å². The number of hydrogen-bond donors (Lipinski definition) is 2. The first-order chi connectivity index (χ1) is 11.4. The van der Waals surface area contributed by atoms with E-state index in [-0.39, 0.29) is 22.9 Å². The van der Waals surface area contributed by atoms with E-state index in [2.05, 4.69) is 10.3 Å². The van der Waals surface area contributed by atoms with Gasteiger partial charge >= 0.3 is 5.97 Å². The van der Waals surface area contributed by atoms with Gasteiger partial charge in [-0.25, -0.2) is 4.98 Å². The summed E-state index contributed by atoms with van der Waals surface area (Å²) < 4.78 is 4.95. The fourth-order valence-electron chi connectivity index (χ4n) is 2.33. The minimum Gasteiger partial charge on any atom is -0.481 e. The van der Waals surface area contributed by atoms with Crippen LogP contribution < -0.4 is 10.1 Å². The summed E-state index contributed by atoms with van der Waals surface area (Å²) in [6.45, 7) is 1.86. The van der Waals surface area contributed by atoms with Gasteiger partial charge in [-0.2, -0.15) is 0 Å². The number of rotatable bonds is 6. The number of aliphatic carboxylic acids is 1. The molecular formula is C17H17ClN2O4. The zero-order chi connectivity index (χ0) is 17.7. The van der Waals surface area contributed by atoms with Gasteiger partial charge in [0.2, 0.25) is 5.88 Å². The second-order valence-corrected chi connectivity index (χ2v) is 5.60. The first-order valence-corrected chi connectivity index (χ1v) is 7.58. The Morgan fingerprint density at radius 3 is 2.67 bits per heavy atom. The van der Waals surface area contributed by atoms with Crippen LogP contribution in [0.1, 0.15) is 33.9 Å². The standard InChI is InChI=1S/C17H17ClN2O4/c1-10-5-3-4-6-12(10)14(8-15(21)22)20-16(23)11-7-13(18)17(24-2)19-9-11/h3-7,9,14H,8H2,1-2H3,(H,20,23)(H,21,22)/t14-/m0/s1. The summed E-state index contributed by atoms with van der Waals surface area (Å²) in [5.74, 6) is -1.25. The molecule has 0 radical (unpaired) electrons. The van der Waals surface area contributed by atoms with Crippen molar-refractivity contribution >= 4 is 23.5 Å². The van der Waals surface area contributed by atoms with E-state index >= 15 is 0 Å². The summed E-state index contributed by atoms with van der Waals surface area (Å²) in [6.07, 6.45) is 1.10. The number of hydrogen-bond acceptors (Lipinski definition) is 4. The van der Waals surface area contributed by atoms with Crippen LogP contribution in [0.15, 0.2) is 36.5 Å². The normalized spacial score (nSPS) is 11.6. The van der Waals surface area contributed by atoms with Crippen LogP contribution in [0.3, 0.4) is 0 Å². The smallest absolute Gasteiger partial charge is 0.305 e. The summed E-state index contributed by atoms with van der Waals surface area (Å²) in [4.78, 5) is 27.5. The molecule has 0 bridgehead atoms. The molecule has 0 unspecified atom stereocenters. The highest BCUT2D eigenvalue weighted by molar-refractivity contribution is 6.32. The zero-order valence-electron chi connectivity index (χ0n) is 13.2. The molecule has 1 amide bonds. The summed E-state index contributed by atoms with van der Waals surface area (Å²) in [5, 5.41) is 12.1. The van der Waals surface area contributed by atoms with Crippen LogP contribution in [0.4, 0.5) is 0 Å². The highest BCUT2D eigenvalue weighted by Gasteiger charge is 2.21. The number of carbonyl (C=O) groups excluding carboxylic acids is 1. The summed E-state index contributed by atoms with van der Waals surface area (Å²) in [5.41, 5.74) is 1.88. The van der Waals surface area contributed by atoms with Crippen LogP contribution in [0.5, 0.6) is 5.88 Å². The van der Waals surface area contributed by atoms with Crippen LogP contribution in [-0.4, -0.2) is 29.1 Å². The number of aryl methyl sites for hydroxylation is 1. The van der Waals surface area contributed by atoms with Crippen LogP contribution in [0.25, 0.3) is 0 Å². The molecule has 1 aromatic heterocycles. The number of ether oxygens (including phenoxy) is 1. The molecule has 0 saturated heterocycles. The number of carboxylic acids is 1. The Bertz CT molecular complexity index is 764. The lowest BCUT2D eigenvalue weighted by atomic mass is 9.98. The minimum absolute atomic E-state index is 0.204. The monoisotopic (exact) mass is 348 g/mol. The number of carbonyl (C=O) groups is 2. The largest absolute Gasteiger partial charge is 0.481 e. The third-order valence-corrected chi connectivity index (χ3v) is 3.78. The molecule has 0 aliphatic heterocycles. The Labute approximate surface area is 144 Å². The van der Waals surface area contributed by atoms with Crippen molar-refractivity contribution in [1.29, 1.82) is 0 Å². The van der Waals surface area contributed by atoms with Gasteiger partial charge in [0.15, 0.2) is 0 Å². The van der Waals surface area contributed by atoms with Gasteiger partial charge in [-0.1, -0.05) is 35.9 Å². The van der Waals surface area contributed by atoms with E-state index in [4.69, 9.17) is 21.4 Å². The molecule has 0 aliphatic carbocycles. The third-order valence-electron chi connectivity index (χ3n) is 3.51. The van der Waals surface area contributed by atoms with Gasteiger partial charge in [0, 0.05) is 6.20 Å². The van der Waals surface area contributed by atoms with Crippen molar-refractivity contribution in [1.82, 2.24) is 10.3 Å².